The maximum atomic E-state index is 10.2. The van der Waals surface area contributed by atoms with Crippen molar-refractivity contribution in [2.45, 2.75) is 25.7 Å². The lowest BCUT2D eigenvalue weighted by atomic mass is 10.2. The van der Waals surface area contributed by atoms with Crippen molar-refractivity contribution in [1.29, 1.82) is 0 Å². The molecule has 0 atom stereocenters. The van der Waals surface area contributed by atoms with Crippen LogP contribution in [-0.2, 0) is 9.59 Å². The summed E-state index contributed by atoms with van der Waals surface area (Å²) in [5, 5.41) is 4.27. The number of carbonyl (C=O) groups excluding carboxylic acids is 2. The van der Waals surface area contributed by atoms with Crippen LogP contribution in [0.2, 0.25) is 0 Å². The average molecular weight is 199 g/mol. The van der Waals surface area contributed by atoms with Crippen molar-refractivity contribution in [2.75, 3.05) is 19.6 Å². The van der Waals surface area contributed by atoms with Gasteiger partial charge in [0.2, 0.25) is 5.78 Å². The summed E-state index contributed by atoms with van der Waals surface area (Å²) in [5.41, 5.74) is 0. The van der Waals surface area contributed by atoms with Gasteiger partial charge in [0, 0.05) is 26.1 Å². The van der Waals surface area contributed by atoms with Gasteiger partial charge in [0.05, 0.1) is 0 Å². The highest BCUT2D eigenvalue weighted by molar-refractivity contribution is 6.37. The first-order valence-corrected chi connectivity index (χ1v) is 5.01. The van der Waals surface area contributed by atoms with Crippen molar-refractivity contribution in [1.82, 2.24) is 10.3 Å². The number of hydrogen-bond donors (Lipinski definition) is 2. The lowest BCUT2D eigenvalue weighted by molar-refractivity contribution is -0.135. The topological polar surface area (TPSA) is 75.4 Å². The van der Waals surface area contributed by atoms with E-state index >= 15 is 0 Å². The van der Waals surface area contributed by atoms with E-state index in [1.165, 1.54) is 19.3 Å². The summed E-state index contributed by atoms with van der Waals surface area (Å²) in [5.74, 6) is 4.75. The Balaban J connectivity index is 0.000000140. The van der Waals surface area contributed by atoms with Gasteiger partial charge in [-0.15, -0.1) is 0 Å². The van der Waals surface area contributed by atoms with Gasteiger partial charge >= 0.3 is 0 Å². The number of rotatable bonds is 0. The Bertz CT molecular complexity index is 198. The first-order chi connectivity index (χ1) is 6.70. The van der Waals surface area contributed by atoms with E-state index in [1.54, 1.807) is 0 Å². The van der Waals surface area contributed by atoms with Crippen LogP contribution in [0.4, 0.5) is 0 Å². The molecule has 80 valence electrons. The number of nitrogens with two attached hydrogens (primary N) is 1. The number of Topliss-reactive ketones (excluding diaryl/α,β-unsaturated/α-hetero) is 1. The standard InChI is InChI=1S/C5H12N2.C4H5NO2/c6-7-4-2-1-3-5-7;6-3-1-2-5-4(3)7/h1-6H2;1-2H2,(H,5,7). The zero-order valence-corrected chi connectivity index (χ0v) is 8.29. The first kappa shape index (κ1) is 11.1. The predicted molar refractivity (Wildman–Crippen MR) is 52.2 cm³/mol. The molecule has 0 unspecified atom stereocenters. The van der Waals surface area contributed by atoms with E-state index in [9.17, 15) is 9.59 Å². The van der Waals surface area contributed by atoms with Gasteiger partial charge in [0.15, 0.2) is 0 Å². The van der Waals surface area contributed by atoms with Gasteiger partial charge in [-0.25, -0.2) is 5.01 Å². The van der Waals surface area contributed by atoms with Crippen LogP contribution < -0.4 is 11.2 Å². The van der Waals surface area contributed by atoms with Gasteiger partial charge in [0.1, 0.15) is 0 Å². The van der Waals surface area contributed by atoms with Crippen LogP contribution in [0.3, 0.4) is 0 Å². The van der Waals surface area contributed by atoms with Crippen LogP contribution >= 0.6 is 0 Å². The highest BCUT2D eigenvalue weighted by Gasteiger charge is 2.18. The van der Waals surface area contributed by atoms with Crippen molar-refractivity contribution in [3.8, 4) is 0 Å². The second-order valence-corrected chi connectivity index (χ2v) is 3.53. The fourth-order valence-corrected chi connectivity index (χ4v) is 1.42. The summed E-state index contributed by atoms with van der Waals surface area (Å²) >= 11 is 0. The van der Waals surface area contributed by atoms with Crippen LogP contribution in [0.5, 0.6) is 0 Å². The lowest BCUT2D eigenvalue weighted by Crippen LogP contribution is -2.35. The van der Waals surface area contributed by atoms with E-state index in [0.29, 0.717) is 13.0 Å². The Morgan fingerprint density at radius 1 is 1.14 bits per heavy atom. The number of amides is 1. The Hall–Kier alpha value is -0.940. The molecule has 0 radical (unpaired) electrons. The largest absolute Gasteiger partial charge is 0.349 e. The van der Waals surface area contributed by atoms with Crippen molar-refractivity contribution < 1.29 is 9.59 Å². The minimum Gasteiger partial charge on any atom is -0.349 e. The van der Waals surface area contributed by atoms with Crippen LogP contribution in [0, 0.1) is 0 Å². The molecule has 0 bridgehead atoms. The summed E-state index contributed by atoms with van der Waals surface area (Å²) in [7, 11) is 0. The molecule has 14 heavy (non-hydrogen) atoms. The van der Waals surface area contributed by atoms with Crippen LogP contribution in [0.1, 0.15) is 25.7 Å². The summed E-state index contributed by atoms with van der Waals surface area (Å²) in [4.78, 5) is 20.3. The number of piperidine rings is 1. The number of nitrogens with zero attached hydrogens (tertiary/aromatic N) is 1. The van der Waals surface area contributed by atoms with Gasteiger partial charge in [-0.05, 0) is 12.8 Å². The van der Waals surface area contributed by atoms with Crippen LogP contribution in [0.25, 0.3) is 0 Å². The third-order valence-corrected chi connectivity index (χ3v) is 2.28. The normalized spacial score (nSPS) is 22.6. The number of hydrogen-bond acceptors (Lipinski definition) is 4. The molecule has 2 heterocycles. The molecule has 3 N–H and O–H groups in total. The van der Waals surface area contributed by atoms with Crippen LogP contribution in [-0.4, -0.2) is 36.3 Å². The highest BCUT2D eigenvalue weighted by atomic mass is 16.2. The van der Waals surface area contributed by atoms with Crippen molar-refractivity contribution in [3.63, 3.8) is 0 Å². The summed E-state index contributed by atoms with van der Waals surface area (Å²) in [6.45, 7) is 2.72. The third kappa shape index (κ3) is 3.85. The first-order valence-electron chi connectivity index (χ1n) is 5.01. The number of ketones is 1. The van der Waals surface area contributed by atoms with Crippen LogP contribution in [0.15, 0.2) is 0 Å². The minimum absolute atomic E-state index is 0.292. The molecular formula is C9H17N3O2. The second-order valence-electron chi connectivity index (χ2n) is 3.53. The molecule has 2 saturated heterocycles. The Labute approximate surface area is 83.6 Å². The molecule has 0 aliphatic carbocycles. The molecule has 0 aromatic heterocycles. The minimum atomic E-state index is -0.431. The number of hydrazine groups is 1. The fourth-order valence-electron chi connectivity index (χ4n) is 1.42. The zero-order valence-electron chi connectivity index (χ0n) is 8.29. The molecule has 0 aromatic carbocycles. The summed E-state index contributed by atoms with van der Waals surface area (Å²) in [6, 6.07) is 0. The molecule has 5 heteroatoms. The molecule has 2 aliphatic heterocycles. The summed E-state index contributed by atoms with van der Waals surface area (Å²) in [6.07, 6.45) is 4.32. The van der Waals surface area contributed by atoms with Crippen molar-refractivity contribution in [2.24, 2.45) is 5.84 Å². The molecule has 0 spiro atoms. The van der Waals surface area contributed by atoms with E-state index in [1.807, 2.05) is 5.01 Å². The zero-order chi connectivity index (χ0) is 10.4. The molecule has 0 saturated carbocycles. The van der Waals surface area contributed by atoms with Gasteiger partial charge in [-0.1, -0.05) is 6.42 Å². The number of nitrogens with one attached hydrogen (secondary N) is 1. The third-order valence-electron chi connectivity index (χ3n) is 2.28. The van der Waals surface area contributed by atoms with E-state index in [2.05, 4.69) is 5.32 Å². The Morgan fingerprint density at radius 2 is 1.79 bits per heavy atom. The smallest absolute Gasteiger partial charge is 0.287 e. The maximum absolute atomic E-state index is 10.2. The quantitative estimate of drug-likeness (QED) is 0.404. The molecule has 2 fully saturated rings. The number of carbonyl (C=O) groups is 2. The predicted octanol–water partition coefficient (Wildman–Crippen LogP) is -0.579. The van der Waals surface area contributed by atoms with Gasteiger partial charge in [0.25, 0.3) is 5.91 Å². The molecule has 2 aliphatic rings. The fraction of sp³-hybridized carbons (Fsp3) is 0.778. The van der Waals surface area contributed by atoms with Crippen molar-refractivity contribution in [3.05, 3.63) is 0 Å². The van der Waals surface area contributed by atoms with Gasteiger partial charge in [-0.3, -0.25) is 15.4 Å². The summed E-state index contributed by atoms with van der Waals surface area (Å²) < 4.78 is 0. The Morgan fingerprint density at radius 3 is 2.00 bits per heavy atom. The molecule has 1 amide bonds. The molecule has 5 nitrogen and oxygen atoms in total. The van der Waals surface area contributed by atoms with Crippen molar-refractivity contribution >= 4 is 11.7 Å². The van der Waals surface area contributed by atoms with Gasteiger partial charge < -0.3 is 5.32 Å². The molecule has 0 aromatic rings. The Kier molecular flexibility index (Phi) is 4.55. The van der Waals surface area contributed by atoms with E-state index in [4.69, 9.17) is 5.84 Å². The second kappa shape index (κ2) is 5.72. The maximum Gasteiger partial charge on any atom is 0.287 e. The lowest BCUT2D eigenvalue weighted by Gasteiger charge is -2.20. The molecular weight excluding hydrogens is 182 g/mol. The van der Waals surface area contributed by atoms with E-state index in [-0.39, 0.29) is 5.78 Å². The SMILES string of the molecule is NN1CCCCC1.O=C1CCNC1=O. The van der Waals surface area contributed by atoms with E-state index < -0.39 is 5.91 Å². The average Bonchev–Trinajstić information content (AvgIpc) is 2.53. The highest BCUT2D eigenvalue weighted by Crippen LogP contribution is 2.03. The van der Waals surface area contributed by atoms with E-state index in [0.717, 1.165) is 13.1 Å². The molecule has 2 rings (SSSR count). The van der Waals surface area contributed by atoms with Gasteiger partial charge in [-0.2, -0.15) is 0 Å². The monoisotopic (exact) mass is 199 g/mol.